The van der Waals surface area contributed by atoms with Crippen molar-refractivity contribution in [3.8, 4) is 0 Å². The van der Waals surface area contributed by atoms with Gasteiger partial charge in [-0.1, -0.05) is 24.4 Å². The molecule has 0 radical (unpaired) electrons. The SMILES string of the molecule is NC(=NO)C1(C(=O)NC2CCCSC2)CCCCC1. The Morgan fingerprint density at radius 1 is 1.32 bits per heavy atom. The van der Waals surface area contributed by atoms with Crippen molar-refractivity contribution in [3.05, 3.63) is 0 Å². The molecule has 4 N–H and O–H groups in total. The third kappa shape index (κ3) is 3.16. The molecule has 19 heavy (non-hydrogen) atoms. The van der Waals surface area contributed by atoms with Gasteiger partial charge < -0.3 is 16.3 Å². The van der Waals surface area contributed by atoms with Gasteiger partial charge in [0, 0.05) is 11.8 Å². The predicted molar refractivity (Wildman–Crippen MR) is 77.4 cm³/mol. The summed E-state index contributed by atoms with van der Waals surface area (Å²) in [6.07, 6.45) is 6.60. The lowest BCUT2D eigenvalue weighted by molar-refractivity contribution is -0.129. The molecule has 2 aliphatic rings. The summed E-state index contributed by atoms with van der Waals surface area (Å²) in [7, 11) is 0. The molecular formula is C13H23N3O2S. The fourth-order valence-corrected chi connectivity index (χ4v) is 4.10. The molecule has 2 rings (SSSR count). The van der Waals surface area contributed by atoms with Crippen LogP contribution in [0.4, 0.5) is 0 Å². The normalized spacial score (nSPS) is 27.8. The quantitative estimate of drug-likeness (QED) is 0.319. The minimum Gasteiger partial charge on any atom is -0.409 e. The van der Waals surface area contributed by atoms with Crippen molar-refractivity contribution >= 4 is 23.5 Å². The van der Waals surface area contributed by atoms with Crippen LogP contribution in [0.25, 0.3) is 0 Å². The Balaban J connectivity index is 2.06. The van der Waals surface area contributed by atoms with Gasteiger partial charge in [0.15, 0.2) is 5.84 Å². The number of carbonyl (C=O) groups is 1. The third-order valence-electron chi connectivity index (χ3n) is 4.24. The summed E-state index contributed by atoms with van der Waals surface area (Å²) in [4.78, 5) is 12.6. The lowest BCUT2D eigenvalue weighted by atomic mass is 9.72. The van der Waals surface area contributed by atoms with Gasteiger partial charge in [-0.05, 0) is 31.4 Å². The van der Waals surface area contributed by atoms with Crippen molar-refractivity contribution < 1.29 is 10.0 Å². The van der Waals surface area contributed by atoms with Gasteiger partial charge in [0.25, 0.3) is 0 Å². The minimum absolute atomic E-state index is 0.0463. The molecule has 1 aliphatic heterocycles. The number of rotatable bonds is 3. The van der Waals surface area contributed by atoms with Crippen LogP contribution in [-0.2, 0) is 4.79 Å². The van der Waals surface area contributed by atoms with Gasteiger partial charge >= 0.3 is 0 Å². The summed E-state index contributed by atoms with van der Waals surface area (Å²) < 4.78 is 0. The van der Waals surface area contributed by atoms with Gasteiger partial charge in [-0.25, -0.2) is 0 Å². The Labute approximate surface area is 118 Å². The number of hydrogen-bond donors (Lipinski definition) is 3. The first-order chi connectivity index (χ1) is 9.19. The van der Waals surface area contributed by atoms with Crippen molar-refractivity contribution in [1.82, 2.24) is 5.32 Å². The van der Waals surface area contributed by atoms with Gasteiger partial charge in [0.1, 0.15) is 5.41 Å². The first-order valence-electron chi connectivity index (χ1n) is 7.06. The third-order valence-corrected chi connectivity index (χ3v) is 5.45. The smallest absolute Gasteiger partial charge is 0.234 e. The van der Waals surface area contributed by atoms with E-state index in [1.165, 1.54) is 5.75 Å². The van der Waals surface area contributed by atoms with E-state index in [4.69, 9.17) is 10.9 Å². The van der Waals surface area contributed by atoms with Crippen molar-refractivity contribution in [2.45, 2.75) is 51.0 Å². The van der Waals surface area contributed by atoms with Crippen LogP contribution in [0.3, 0.4) is 0 Å². The summed E-state index contributed by atoms with van der Waals surface area (Å²) in [6, 6.07) is 0.233. The van der Waals surface area contributed by atoms with Gasteiger partial charge in [-0.3, -0.25) is 4.79 Å². The zero-order valence-electron chi connectivity index (χ0n) is 11.2. The van der Waals surface area contributed by atoms with E-state index in [1.54, 1.807) is 0 Å². The molecule has 5 nitrogen and oxygen atoms in total. The van der Waals surface area contributed by atoms with Crippen molar-refractivity contribution in [3.63, 3.8) is 0 Å². The maximum Gasteiger partial charge on any atom is 0.234 e. The van der Waals surface area contributed by atoms with E-state index < -0.39 is 5.41 Å². The van der Waals surface area contributed by atoms with E-state index >= 15 is 0 Å². The van der Waals surface area contributed by atoms with Crippen LogP contribution in [-0.4, -0.2) is 34.5 Å². The number of carbonyl (C=O) groups excluding carboxylic acids is 1. The van der Waals surface area contributed by atoms with Gasteiger partial charge in [-0.2, -0.15) is 11.8 Å². The summed E-state index contributed by atoms with van der Waals surface area (Å²) in [6.45, 7) is 0. The fraction of sp³-hybridized carbons (Fsp3) is 0.846. The summed E-state index contributed by atoms with van der Waals surface area (Å²) in [5.74, 6) is 2.18. The average Bonchev–Trinajstić information content (AvgIpc) is 2.48. The molecule has 1 saturated heterocycles. The molecule has 1 heterocycles. The first kappa shape index (κ1) is 14.5. The molecule has 2 fully saturated rings. The second-order valence-corrected chi connectivity index (χ2v) is 6.67. The van der Waals surface area contributed by atoms with Crippen molar-refractivity contribution in [2.75, 3.05) is 11.5 Å². The van der Waals surface area contributed by atoms with Crippen LogP contribution in [0.2, 0.25) is 0 Å². The highest BCUT2D eigenvalue weighted by Gasteiger charge is 2.44. The first-order valence-corrected chi connectivity index (χ1v) is 8.21. The van der Waals surface area contributed by atoms with Gasteiger partial charge in [-0.15, -0.1) is 0 Å². The molecule has 0 aromatic carbocycles. The van der Waals surface area contributed by atoms with Crippen LogP contribution >= 0.6 is 11.8 Å². The number of thioether (sulfide) groups is 1. The lowest BCUT2D eigenvalue weighted by Crippen LogP contribution is -2.54. The minimum atomic E-state index is -0.783. The molecule has 1 unspecified atom stereocenters. The zero-order valence-corrected chi connectivity index (χ0v) is 12.0. The fourth-order valence-electron chi connectivity index (χ4n) is 3.03. The van der Waals surface area contributed by atoms with Crippen LogP contribution in [0.1, 0.15) is 44.9 Å². The Bertz CT molecular complexity index is 348. The van der Waals surface area contributed by atoms with E-state index in [-0.39, 0.29) is 17.8 Å². The highest BCUT2D eigenvalue weighted by atomic mass is 32.2. The average molecular weight is 285 g/mol. The summed E-state index contributed by atoms with van der Waals surface area (Å²) >= 11 is 1.88. The molecule has 0 aromatic heterocycles. The Morgan fingerprint density at radius 3 is 2.63 bits per heavy atom. The topological polar surface area (TPSA) is 87.7 Å². The Morgan fingerprint density at radius 2 is 2.05 bits per heavy atom. The van der Waals surface area contributed by atoms with Crippen LogP contribution in [0, 0.1) is 5.41 Å². The number of hydrogen-bond acceptors (Lipinski definition) is 4. The summed E-state index contributed by atoms with van der Waals surface area (Å²) in [5.41, 5.74) is 5.04. The molecular weight excluding hydrogens is 262 g/mol. The molecule has 108 valence electrons. The molecule has 6 heteroatoms. The molecule has 1 atom stereocenters. The molecule has 0 spiro atoms. The van der Waals surface area contributed by atoms with Crippen LogP contribution in [0.5, 0.6) is 0 Å². The molecule has 1 aliphatic carbocycles. The van der Waals surface area contributed by atoms with E-state index in [9.17, 15) is 4.79 Å². The van der Waals surface area contributed by atoms with Gasteiger partial charge in [0.2, 0.25) is 5.91 Å². The monoisotopic (exact) mass is 285 g/mol. The van der Waals surface area contributed by atoms with Crippen LogP contribution in [0.15, 0.2) is 5.16 Å². The standard InChI is InChI=1S/C13H23N3O2S/c14-11(16-18)13(6-2-1-3-7-13)12(17)15-10-5-4-8-19-9-10/h10,18H,1-9H2,(H2,14,16)(H,15,17). The lowest BCUT2D eigenvalue weighted by Gasteiger charge is -2.36. The van der Waals surface area contributed by atoms with E-state index in [2.05, 4.69) is 10.5 Å². The molecule has 1 amide bonds. The van der Waals surface area contributed by atoms with Gasteiger partial charge in [0.05, 0.1) is 0 Å². The number of nitrogens with one attached hydrogen (secondary N) is 1. The van der Waals surface area contributed by atoms with Crippen molar-refractivity contribution in [1.29, 1.82) is 0 Å². The number of nitrogens with zero attached hydrogens (tertiary/aromatic N) is 1. The second kappa shape index (κ2) is 6.50. The number of amides is 1. The second-order valence-electron chi connectivity index (χ2n) is 5.52. The highest BCUT2D eigenvalue weighted by molar-refractivity contribution is 7.99. The summed E-state index contributed by atoms with van der Waals surface area (Å²) in [5, 5.41) is 15.2. The van der Waals surface area contributed by atoms with E-state index in [0.717, 1.165) is 37.9 Å². The highest BCUT2D eigenvalue weighted by Crippen LogP contribution is 2.37. The Kier molecular flexibility index (Phi) is 4.96. The zero-order chi connectivity index (χ0) is 13.7. The van der Waals surface area contributed by atoms with E-state index in [1.807, 2.05) is 11.8 Å². The van der Waals surface area contributed by atoms with E-state index in [0.29, 0.717) is 12.8 Å². The Hall–Kier alpha value is -0.910. The van der Waals surface area contributed by atoms with Crippen LogP contribution < -0.4 is 11.1 Å². The molecule has 0 aromatic rings. The molecule has 1 saturated carbocycles. The largest absolute Gasteiger partial charge is 0.409 e. The maximum absolute atomic E-state index is 12.6. The molecule has 0 bridgehead atoms. The number of oxime groups is 1. The van der Waals surface area contributed by atoms with Crippen molar-refractivity contribution in [2.24, 2.45) is 16.3 Å². The maximum atomic E-state index is 12.6. The number of nitrogens with two attached hydrogens (primary N) is 1. The predicted octanol–water partition coefficient (Wildman–Crippen LogP) is 1.70. The number of amidine groups is 1.